The number of methoxy groups -OCH3 is 1. The first-order valence-corrected chi connectivity index (χ1v) is 11.8. The number of benzene rings is 3. The van der Waals surface area contributed by atoms with Crippen molar-refractivity contribution in [3.63, 3.8) is 0 Å². The fraction of sp³-hybridized carbons (Fsp3) is 0.174. The lowest BCUT2D eigenvalue weighted by Gasteiger charge is -2.22. The molecule has 0 aliphatic heterocycles. The fourth-order valence-corrected chi connectivity index (χ4v) is 4.88. The van der Waals surface area contributed by atoms with Crippen LogP contribution in [-0.2, 0) is 21.4 Å². The maximum atomic E-state index is 13.4. The zero-order valence-corrected chi connectivity index (χ0v) is 19.8. The van der Waals surface area contributed by atoms with Gasteiger partial charge < -0.3 is 10.1 Å². The Morgan fingerprint density at radius 3 is 2.34 bits per heavy atom. The van der Waals surface area contributed by atoms with E-state index in [0.29, 0.717) is 22.0 Å². The monoisotopic (exact) mass is 492 g/mol. The van der Waals surface area contributed by atoms with Gasteiger partial charge in [0, 0.05) is 12.2 Å². The zero-order valence-electron chi connectivity index (χ0n) is 17.5. The van der Waals surface area contributed by atoms with Gasteiger partial charge in [-0.05, 0) is 54.4 Å². The number of hydrogen-bond acceptors (Lipinski definition) is 4. The van der Waals surface area contributed by atoms with Crippen molar-refractivity contribution < 1.29 is 17.9 Å². The molecular formula is C23H22Cl2N2O4S. The van der Waals surface area contributed by atoms with Crippen molar-refractivity contribution in [2.75, 3.05) is 19.0 Å². The molecule has 0 saturated carbocycles. The molecule has 6 nitrogen and oxygen atoms in total. The molecule has 32 heavy (non-hydrogen) atoms. The van der Waals surface area contributed by atoms with E-state index < -0.39 is 15.9 Å². The summed E-state index contributed by atoms with van der Waals surface area (Å²) in [5, 5.41) is 3.31. The Kier molecular flexibility index (Phi) is 7.79. The number of nitrogens with zero attached hydrogens (tertiary/aromatic N) is 1. The third kappa shape index (κ3) is 5.81. The number of anilines is 1. The second-order valence-electron chi connectivity index (χ2n) is 7.07. The Balaban J connectivity index is 1.89. The highest BCUT2D eigenvalue weighted by atomic mass is 35.5. The molecule has 0 bridgehead atoms. The smallest absolute Gasteiger partial charge is 0.243 e. The molecule has 0 aliphatic carbocycles. The number of sulfonamides is 1. The predicted octanol–water partition coefficient (Wildman–Crippen LogP) is 5.14. The molecule has 9 heteroatoms. The van der Waals surface area contributed by atoms with Gasteiger partial charge in [0.1, 0.15) is 5.75 Å². The number of carbonyl (C=O) groups excluding carboxylic acids is 1. The van der Waals surface area contributed by atoms with Crippen LogP contribution in [-0.4, -0.2) is 32.3 Å². The molecule has 0 aromatic heterocycles. The van der Waals surface area contributed by atoms with E-state index in [2.05, 4.69) is 5.32 Å². The van der Waals surface area contributed by atoms with Gasteiger partial charge in [-0.15, -0.1) is 0 Å². The minimum Gasteiger partial charge on any atom is -0.496 e. The number of nitrogens with one attached hydrogen (secondary N) is 1. The highest BCUT2D eigenvalue weighted by Crippen LogP contribution is 2.26. The number of halogens is 2. The fourth-order valence-electron chi connectivity index (χ4n) is 3.11. The standard InChI is InChI=1S/C23H22Cl2N2O4S/c1-16-12-19(9-11-22(16)31-2)32(29,30)27(14-17-6-4-3-5-7-17)15-23(28)26-18-8-10-20(24)21(25)13-18/h3-13H,14-15H2,1-2H3,(H,26,28). The summed E-state index contributed by atoms with van der Waals surface area (Å²) in [5.74, 6) is 0.0732. The summed E-state index contributed by atoms with van der Waals surface area (Å²) in [4.78, 5) is 12.8. The summed E-state index contributed by atoms with van der Waals surface area (Å²) in [6.45, 7) is 1.40. The van der Waals surface area contributed by atoms with Gasteiger partial charge in [0.05, 0.1) is 28.6 Å². The number of hydrogen-bond donors (Lipinski definition) is 1. The normalized spacial score (nSPS) is 11.4. The molecule has 1 amide bonds. The third-order valence-electron chi connectivity index (χ3n) is 4.73. The van der Waals surface area contributed by atoms with E-state index in [1.165, 1.54) is 25.3 Å². The molecule has 0 unspecified atom stereocenters. The first kappa shape index (κ1) is 24.1. The molecule has 0 heterocycles. The molecule has 0 spiro atoms. The molecule has 0 radical (unpaired) electrons. The maximum Gasteiger partial charge on any atom is 0.243 e. The van der Waals surface area contributed by atoms with Crippen LogP contribution in [0.3, 0.4) is 0 Å². The highest BCUT2D eigenvalue weighted by molar-refractivity contribution is 7.89. The number of carbonyl (C=O) groups is 1. The van der Waals surface area contributed by atoms with Crippen LogP contribution in [0.5, 0.6) is 5.75 Å². The van der Waals surface area contributed by atoms with E-state index in [0.717, 1.165) is 9.87 Å². The number of amides is 1. The van der Waals surface area contributed by atoms with E-state index in [-0.39, 0.29) is 23.0 Å². The summed E-state index contributed by atoms with van der Waals surface area (Å²) in [6, 6.07) is 18.3. The largest absolute Gasteiger partial charge is 0.496 e. The molecule has 3 aromatic carbocycles. The summed E-state index contributed by atoms with van der Waals surface area (Å²) in [7, 11) is -2.46. The van der Waals surface area contributed by atoms with Crippen molar-refractivity contribution in [2.24, 2.45) is 0 Å². The zero-order chi connectivity index (χ0) is 23.3. The van der Waals surface area contributed by atoms with Crippen molar-refractivity contribution >= 4 is 44.8 Å². The lowest BCUT2D eigenvalue weighted by Crippen LogP contribution is -2.37. The Bertz CT molecular complexity index is 1220. The van der Waals surface area contributed by atoms with E-state index >= 15 is 0 Å². The van der Waals surface area contributed by atoms with Gasteiger partial charge in [-0.25, -0.2) is 8.42 Å². The molecule has 0 atom stereocenters. The highest BCUT2D eigenvalue weighted by Gasteiger charge is 2.27. The van der Waals surface area contributed by atoms with Crippen LogP contribution in [0.2, 0.25) is 10.0 Å². The second kappa shape index (κ2) is 10.4. The predicted molar refractivity (Wildman–Crippen MR) is 127 cm³/mol. The Morgan fingerprint density at radius 1 is 1.00 bits per heavy atom. The van der Waals surface area contributed by atoms with Crippen LogP contribution in [0.15, 0.2) is 71.6 Å². The van der Waals surface area contributed by atoms with E-state index in [1.54, 1.807) is 37.3 Å². The molecular weight excluding hydrogens is 471 g/mol. The average Bonchev–Trinajstić information content (AvgIpc) is 2.76. The maximum absolute atomic E-state index is 13.4. The Hall–Kier alpha value is -2.58. The van der Waals surface area contributed by atoms with Crippen LogP contribution in [0.4, 0.5) is 5.69 Å². The molecule has 0 fully saturated rings. The first-order valence-electron chi connectivity index (χ1n) is 9.64. The van der Waals surface area contributed by atoms with Crippen LogP contribution < -0.4 is 10.1 Å². The van der Waals surface area contributed by atoms with Gasteiger partial charge in [0.15, 0.2) is 0 Å². The topological polar surface area (TPSA) is 75.7 Å². The van der Waals surface area contributed by atoms with Gasteiger partial charge in [-0.2, -0.15) is 4.31 Å². The van der Waals surface area contributed by atoms with Crippen molar-refractivity contribution in [3.8, 4) is 5.75 Å². The number of ether oxygens (including phenoxy) is 1. The van der Waals surface area contributed by atoms with E-state index in [1.807, 2.05) is 18.2 Å². The summed E-state index contributed by atoms with van der Waals surface area (Å²) < 4.78 is 33.2. The molecule has 1 N–H and O–H groups in total. The quantitative estimate of drug-likeness (QED) is 0.472. The first-order chi connectivity index (χ1) is 15.2. The van der Waals surface area contributed by atoms with E-state index in [9.17, 15) is 13.2 Å². The van der Waals surface area contributed by atoms with E-state index in [4.69, 9.17) is 27.9 Å². The lowest BCUT2D eigenvalue weighted by atomic mass is 10.2. The van der Waals surface area contributed by atoms with Crippen LogP contribution in [0, 0.1) is 6.92 Å². The van der Waals surface area contributed by atoms with Crippen molar-refractivity contribution in [1.29, 1.82) is 0 Å². The van der Waals surface area contributed by atoms with Crippen LogP contribution >= 0.6 is 23.2 Å². The summed E-state index contributed by atoms with van der Waals surface area (Å²) >= 11 is 11.9. The number of aryl methyl sites for hydroxylation is 1. The summed E-state index contributed by atoms with van der Waals surface area (Å²) in [6.07, 6.45) is 0. The third-order valence-corrected chi connectivity index (χ3v) is 7.26. The summed E-state index contributed by atoms with van der Waals surface area (Å²) in [5.41, 5.74) is 1.85. The van der Waals surface area contributed by atoms with Gasteiger partial charge in [-0.3, -0.25) is 4.79 Å². The van der Waals surface area contributed by atoms with Crippen LogP contribution in [0.1, 0.15) is 11.1 Å². The SMILES string of the molecule is COc1ccc(S(=O)(=O)N(CC(=O)Nc2ccc(Cl)c(Cl)c2)Cc2ccccc2)cc1C. The average molecular weight is 493 g/mol. The van der Waals surface area contributed by atoms with Gasteiger partial charge >= 0.3 is 0 Å². The van der Waals surface area contributed by atoms with Crippen LogP contribution in [0.25, 0.3) is 0 Å². The number of rotatable bonds is 8. The van der Waals surface area contributed by atoms with Gasteiger partial charge in [-0.1, -0.05) is 53.5 Å². The second-order valence-corrected chi connectivity index (χ2v) is 9.82. The Labute approximate surface area is 197 Å². The molecule has 0 saturated heterocycles. The Morgan fingerprint density at radius 2 is 1.72 bits per heavy atom. The molecule has 3 rings (SSSR count). The van der Waals surface area contributed by atoms with Crippen molar-refractivity contribution in [3.05, 3.63) is 87.9 Å². The van der Waals surface area contributed by atoms with Crippen molar-refractivity contribution in [2.45, 2.75) is 18.4 Å². The van der Waals surface area contributed by atoms with Crippen molar-refractivity contribution in [1.82, 2.24) is 4.31 Å². The molecule has 0 aliphatic rings. The lowest BCUT2D eigenvalue weighted by molar-refractivity contribution is -0.116. The minimum atomic E-state index is -3.98. The minimum absolute atomic E-state index is 0.0308. The molecule has 168 valence electrons. The van der Waals surface area contributed by atoms with Gasteiger partial charge in [0.2, 0.25) is 15.9 Å². The molecule has 3 aromatic rings. The van der Waals surface area contributed by atoms with Gasteiger partial charge in [0.25, 0.3) is 0 Å².